The minimum Gasteiger partial charge on any atom is -0.454 e. The van der Waals surface area contributed by atoms with Crippen molar-refractivity contribution in [2.75, 3.05) is 6.61 Å². The second-order valence-corrected chi connectivity index (χ2v) is 8.84. The van der Waals surface area contributed by atoms with Crippen LogP contribution in [0, 0.1) is 27.7 Å². The Morgan fingerprint density at radius 1 is 1.06 bits per heavy atom. The van der Waals surface area contributed by atoms with Crippen LogP contribution in [0.25, 0.3) is 27.5 Å². The molecular formula is C24H20N4O5S. The van der Waals surface area contributed by atoms with Crippen LogP contribution in [-0.4, -0.2) is 38.2 Å². The maximum absolute atomic E-state index is 13.1. The number of carbonyl (C=O) groups is 2. The predicted octanol–water partition coefficient (Wildman–Crippen LogP) is 5.00. The van der Waals surface area contributed by atoms with E-state index in [9.17, 15) is 9.59 Å². The number of aromatic nitrogens is 4. The predicted molar refractivity (Wildman–Crippen MR) is 125 cm³/mol. The minimum atomic E-state index is -0.647. The fourth-order valence-corrected chi connectivity index (χ4v) is 4.64. The zero-order valence-corrected chi connectivity index (χ0v) is 19.7. The molecule has 0 saturated heterocycles. The van der Waals surface area contributed by atoms with Gasteiger partial charge in [0, 0.05) is 23.0 Å². The summed E-state index contributed by atoms with van der Waals surface area (Å²) in [6.45, 7) is 6.79. The van der Waals surface area contributed by atoms with Crippen LogP contribution in [0.4, 0.5) is 0 Å². The number of aryl methyl sites for hydroxylation is 3. The molecule has 0 bridgehead atoms. The molecule has 5 rings (SSSR count). The van der Waals surface area contributed by atoms with Crippen LogP contribution in [0.15, 0.2) is 44.8 Å². The molecule has 0 unspecified atom stereocenters. The summed E-state index contributed by atoms with van der Waals surface area (Å²) in [5.74, 6) is 0.287. The molecule has 34 heavy (non-hydrogen) atoms. The van der Waals surface area contributed by atoms with E-state index >= 15 is 0 Å². The fourth-order valence-electron chi connectivity index (χ4n) is 3.95. The highest BCUT2D eigenvalue weighted by atomic mass is 32.1. The van der Waals surface area contributed by atoms with Crippen molar-refractivity contribution < 1.29 is 23.4 Å². The number of ether oxygens (including phenoxy) is 1. The van der Waals surface area contributed by atoms with Crippen molar-refractivity contribution >= 4 is 34.2 Å². The van der Waals surface area contributed by atoms with E-state index in [1.54, 1.807) is 32.0 Å². The molecule has 0 N–H and O–H groups in total. The van der Waals surface area contributed by atoms with Gasteiger partial charge in [-0.05, 0) is 51.3 Å². The summed E-state index contributed by atoms with van der Waals surface area (Å²) >= 11 is 1.49. The van der Waals surface area contributed by atoms with Crippen molar-refractivity contribution in [3.63, 3.8) is 0 Å². The number of Topliss-reactive ketones (excluding diaryl/α,β-unsaturated/α-hetero) is 1. The van der Waals surface area contributed by atoms with Crippen LogP contribution in [0.1, 0.15) is 43.6 Å². The summed E-state index contributed by atoms with van der Waals surface area (Å²) in [5.41, 5.74) is 3.54. The van der Waals surface area contributed by atoms with E-state index in [1.807, 2.05) is 35.9 Å². The lowest BCUT2D eigenvalue weighted by Crippen LogP contribution is -2.15. The van der Waals surface area contributed by atoms with E-state index in [1.165, 1.54) is 11.3 Å². The van der Waals surface area contributed by atoms with Crippen LogP contribution < -0.4 is 0 Å². The van der Waals surface area contributed by atoms with E-state index < -0.39 is 12.6 Å². The van der Waals surface area contributed by atoms with Crippen molar-refractivity contribution in [1.82, 2.24) is 19.9 Å². The normalized spacial score (nSPS) is 11.3. The molecule has 172 valence electrons. The van der Waals surface area contributed by atoms with E-state index in [2.05, 4.69) is 15.3 Å². The zero-order chi connectivity index (χ0) is 24.0. The summed E-state index contributed by atoms with van der Waals surface area (Å²) in [7, 11) is 0. The Morgan fingerprint density at radius 3 is 2.59 bits per heavy atom. The first-order chi connectivity index (χ1) is 16.3. The van der Waals surface area contributed by atoms with Gasteiger partial charge in [-0.25, -0.2) is 9.78 Å². The molecule has 0 aliphatic rings. The molecule has 0 saturated carbocycles. The Balaban J connectivity index is 1.41. The van der Waals surface area contributed by atoms with Crippen LogP contribution in [-0.2, 0) is 4.74 Å². The summed E-state index contributed by atoms with van der Waals surface area (Å²) in [5, 5.41) is 10.3. The van der Waals surface area contributed by atoms with E-state index in [0.29, 0.717) is 39.6 Å². The van der Waals surface area contributed by atoms with Gasteiger partial charge >= 0.3 is 5.97 Å². The molecule has 0 radical (unpaired) electrons. The van der Waals surface area contributed by atoms with Crippen LogP contribution in [0.2, 0.25) is 0 Å². The average molecular weight is 477 g/mol. The number of ketones is 1. The Hall–Kier alpha value is -4.05. The van der Waals surface area contributed by atoms with Gasteiger partial charge in [0.2, 0.25) is 5.78 Å². The van der Waals surface area contributed by atoms with Gasteiger partial charge in [-0.15, -0.1) is 11.3 Å². The largest absolute Gasteiger partial charge is 0.454 e. The maximum Gasteiger partial charge on any atom is 0.339 e. The molecule has 0 aliphatic carbocycles. The number of pyridine rings is 1. The number of hydrogen-bond donors (Lipinski definition) is 0. The summed E-state index contributed by atoms with van der Waals surface area (Å²) < 4.78 is 17.7. The Bertz CT molecular complexity index is 1540. The molecule has 0 amide bonds. The average Bonchev–Trinajstić information content (AvgIpc) is 3.60. The molecular weight excluding hydrogens is 456 g/mol. The van der Waals surface area contributed by atoms with Crippen molar-refractivity contribution in [2.45, 2.75) is 27.7 Å². The highest BCUT2D eigenvalue weighted by molar-refractivity contribution is 7.13. The fraction of sp³-hybridized carbons (Fsp3) is 0.208. The maximum atomic E-state index is 13.1. The standard InChI is InChI=1S/C24H20N4O5S/c1-12-8-16(15(4)28(12)21-9-13(2)32-27-21)19(29)11-31-24(30)17-10-18(20-6-5-7-34-20)25-23-22(17)14(3)26-33-23/h5-10H,11H2,1-4H3. The SMILES string of the molecule is Cc1cc(-n2c(C)cc(C(=O)COC(=O)c3cc(-c4cccs4)nc4onc(C)c34)c2C)no1. The summed E-state index contributed by atoms with van der Waals surface area (Å²) in [4.78, 5) is 31.4. The van der Waals surface area contributed by atoms with Crippen molar-refractivity contribution in [3.8, 4) is 16.4 Å². The first kappa shape index (κ1) is 21.8. The number of hydrogen-bond acceptors (Lipinski definition) is 9. The van der Waals surface area contributed by atoms with E-state index in [-0.39, 0.29) is 17.1 Å². The highest BCUT2D eigenvalue weighted by Crippen LogP contribution is 2.30. The van der Waals surface area contributed by atoms with E-state index in [0.717, 1.165) is 10.6 Å². The van der Waals surface area contributed by atoms with Crippen LogP contribution in [0.3, 0.4) is 0 Å². The Morgan fingerprint density at radius 2 is 1.88 bits per heavy atom. The number of fused-ring (bicyclic) bond motifs is 1. The number of thiophene rings is 1. The minimum absolute atomic E-state index is 0.244. The molecule has 5 aromatic rings. The van der Waals surface area contributed by atoms with Crippen molar-refractivity contribution in [2.24, 2.45) is 0 Å². The molecule has 0 atom stereocenters. The molecule has 0 aromatic carbocycles. The topological polar surface area (TPSA) is 113 Å². The number of rotatable bonds is 6. The quantitative estimate of drug-likeness (QED) is 0.248. The lowest BCUT2D eigenvalue weighted by Gasteiger charge is -2.08. The van der Waals surface area contributed by atoms with Gasteiger partial charge in [-0.2, -0.15) is 0 Å². The second-order valence-electron chi connectivity index (χ2n) is 7.90. The summed E-state index contributed by atoms with van der Waals surface area (Å²) in [6, 6.07) is 8.97. The van der Waals surface area contributed by atoms with Gasteiger partial charge in [0.25, 0.3) is 5.71 Å². The zero-order valence-electron chi connectivity index (χ0n) is 18.9. The molecule has 10 heteroatoms. The molecule has 0 spiro atoms. The van der Waals surface area contributed by atoms with Gasteiger partial charge in [0.1, 0.15) is 5.76 Å². The number of esters is 1. The van der Waals surface area contributed by atoms with Gasteiger partial charge in [-0.3, -0.25) is 9.36 Å². The van der Waals surface area contributed by atoms with Crippen LogP contribution in [0.5, 0.6) is 0 Å². The lowest BCUT2D eigenvalue weighted by molar-refractivity contribution is 0.0476. The smallest absolute Gasteiger partial charge is 0.339 e. The third kappa shape index (κ3) is 3.71. The third-order valence-corrected chi connectivity index (χ3v) is 6.41. The lowest BCUT2D eigenvalue weighted by atomic mass is 10.1. The van der Waals surface area contributed by atoms with Gasteiger partial charge in [-0.1, -0.05) is 16.4 Å². The summed E-state index contributed by atoms with van der Waals surface area (Å²) in [6.07, 6.45) is 0. The van der Waals surface area contributed by atoms with Crippen molar-refractivity contribution in [1.29, 1.82) is 0 Å². The van der Waals surface area contributed by atoms with Gasteiger partial charge in [0.15, 0.2) is 12.4 Å². The molecule has 0 aliphatic heterocycles. The Labute approximate surface area is 197 Å². The monoisotopic (exact) mass is 476 g/mol. The number of carbonyl (C=O) groups excluding carboxylic acids is 2. The van der Waals surface area contributed by atoms with E-state index in [4.69, 9.17) is 13.8 Å². The second kappa shape index (κ2) is 8.38. The van der Waals surface area contributed by atoms with Crippen LogP contribution >= 0.6 is 11.3 Å². The highest BCUT2D eigenvalue weighted by Gasteiger charge is 2.23. The molecule has 9 nitrogen and oxygen atoms in total. The van der Waals surface area contributed by atoms with Gasteiger partial charge in [0.05, 0.1) is 27.2 Å². The molecule has 5 heterocycles. The molecule has 0 fully saturated rings. The molecule has 5 aromatic heterocycles. The third-order valence-electron chi connectivity index (χ3n) is 5.52. The first-order valence-electron chi connectivity index (χ1n) is 10.5. The first-order valence-corrected chi connectivity index (χ1v) is 11.4. The number of nitrogens with zero attached hydrogens (tertiary/aromatic N) is 4. The Kier molecular flexibility index (Phi) is 5.37. The van der Waals surface area contributed by atoms with Gasteiger partial charge < -0.3 is 13.8 Å². The van der Waals surface area contributed by atoms with Crippen molar-refractivity contribution in [3.05, 3.63) is 69.7 Å².